The average molecular weight is 309 g/mol. The molecule has 0 aliphatic heterocycles. The van der Waals surface area contributed by atoms with Crippen LogP contribution in [-0.2, 0) is 0 Å². The van der Waals surface area contributed by atoms with Crippen molar-refractivity contribution in [1.82, 2.24) is 0 Å². The van der Waals surface area contributed by atoms with E-state index in [0.717, 1.165) is 11.5 Å². The Balaban J connectivity index is 3.56. The molecule has 0 saturated heterocycles. The van der Waals surface area contributed by atoms with Crippen LogP contribution >= 0.6 is 23.5 Å². The third-order valence-corrected chi connectivity index (χ3v) is 6.41. The van der Waals surface area contributed by atoms with Gasteiger partial charge >= 0.3 is 0 Å². The average Bonchev–Trinajstić information content (AvgIpc) is 2.45. The monoisotopic (exact) mass is 308 g/mol. The minimum absolute atomic E-state index is 0.0927. The Hall–Kier alpha value is 0.540. The van der Waals surface area contributed by atoms with Crippen molar-refractivity contribution >= 4 is 23.5 Å². The fourth-order valence-electron chi connectivity index (χ4n) is 1.30. The molecule has 0 rings (SSSR count). The topological polar surface area (TPSA) is 104 Å². The molecule has 19 heavy (non-hydrogen) atoms. The molecule has 0 atom stereocenters. The highest BCUT2D eigenvalue weighted by atomic mass is 32.2. The fourth-order valence-corrected chi connectivity index (χ4v) is 3.93. The molecule has 0 aromatic carbocycles. The van der Waals surface area contributed by atoms with Crippen molar-refractivity contribution < 1.29 is 0 Å². The van der Waals surface area contributed by atoms with Gasteiger partial charge in [0.25, 0.3) is 0 Å². The van der Waals surface area contributed by atoms with Gasteiger partial charge in [-0.25, -0.2) is 0 Å². The predicted octanol–water partition coefficient (Wildman–Crippen LogP) is 0.690. The summed E-state index contributed by atoms with van der Waals surface area (Å²) in [5.74, 6) is 4.44. The first kappa shape index (κ1) is 19.5. The van der Waals surface area contributed by atoms with Gasteiger partial charge < -0.3 is 22.9 Å². The third kappa shape index (κ3) is 8.42. The zero-order chi connectivity index (χ0) is 14.8. The Bertz CT molecular complexity index is 197. The second kappa shape index (κ2) is 10.3. The highest BCUT2D eigenvalue weighted by Crippen LogP contribution is 2.23. The van der Waals surface area contributed by atoms with E-state index in [0.29, 0.717) is 26.2 Å². The summed E-state index contributed by atoms with van der Waals surface area (Å²) in [5.41, 5.74) is 23.1. The standard InChI is InChI=1S/C13H32N4S2/c1-12(6-14,7-15)10-18-4-3-5-19-11-13(2,8-16)9-17/h3-11,14-17H2,1-2H3. The van der Waals surface area contributed by atoms with E-state index in [1.54, 1.807) is 0 Å². The molecular formula is C13H32N4S2. The smallest absolute Gasteiger partial charge is 0.00107 e. The maximum absolute atomic E-state index is 5.74. The van der Waals surface area contributed by atoms with Crippen LogP contribution in [0.3, 0.4) is 0 Å². The zero-order valence-electron chi connectivity index (χ0n) is 12.5. The van der Waals surface area contributed by atoms with Crippen LogP contribution in [0.2, 0.25) is 0 Å². The minimum Gasteiger partial charge on any atom is -0.330 e. The maximum atomic E-state index is 5.74. The van der Waals surface area contributed by atoms with Crippen LogP contribution in [0.15, 0.2) is 0 Å². The van der Waals surface area contributed by atoms with Gasteiger partial charge in [0.1, 0.15) is 0 Å². The van der Waals surface area contributed by atoms with Crippen LogP contribution in [0.25, 0.3) is 0 Å². The van der Waals surface area contributed by atoms with Gasteiger partial charge in [0, 0.05) is 22.3 Å². The van der Waals surface area contributed by atoms with Gasteiger partial charge in [0.15, 0.2) is 0 Å². The van der Waals surface area contributed by atoms with Crippen LogP contribution < -0.4 is 22.9 Å². The number of rotatable bonds is 12. The molecular weight excluding hydrogens is 276 g/mol. The normalized spacial score (nSPS) is 12.9. The molecule has 0 spiro atoms. The summed E-state index contributed by atoms with van der Waals surface area (Å²) in [7, 11) is 0. The lowest BCUT2D eigenvalue weighted by atomic mass is 9.94. The van der Waals surface area contributed by atoms with Crippen LogP contribution in [0, 0.1) is 10.8 Å². The van der Waals surface area contributed by atoms with Crippen LogP contribution in [0.4, 0.5) is 0 Å². The lowest BCUT2D eigenvalue weighted by Crippen LogP contribution is -2.37. The molecule has 116 valence electrons. The van der Waals surface area contributed by atoms with E-state index in [1.165, 1.54) is 17.9 Å². The van der Waals surface area contributed by atoms with E-state index in [2.05, 4.69) is 13.8 Å². The van der Waals surface area contributed by atoms with Crippen molar-refractivity contribution in [2.75, 3.05) is 49.2 Å². The molecule has 0 aliphatic carbocycles. The second-order valence-corrected chi connectivity index (χ2v) is 8.11. The van der Waals surface area contributed by atoms with Crippen LogP contribution in [0.5, 0.6) is 0 Å². The largest absolute Gasteiger partial charge is 0.330 e. The van der Waals surface area contributed by atoms with Gasteiger partial charge in [0.05, 0.1) is 0 Å². The quantitative estimate of drug-likeness (QED) is 0.395. The molecule has 4 nitrogen and oxygen atoms in total. The second-order valence-electron chi connectivity index (χ2n) is 5.90. The molecule has 0 bridgehead atoms. The Morgan fingerprint density at radius 1 is 0.684 bits per heavy atom. The Kier molecular flexibility index (Phi) is 10.6. The van der Waals surface area contributed by atoms with Gasteiger partial charge in [-0.15, -0.1) is 0 Å². The lowest BCUT2D eigenvalue weighted by Gasteiger charge is -2.26. The van der Waals surface area contributed by atoms with Gasteiger partial charge in [0.2, 0.25) is 0 Å². The Labute approximate surface area is 127 Å². The van der Waals surface area contributed by atoms with E-state index in [1.807, 2.05) is 23.5 Å². The highest BCUT2D eigenvalue weighted by Gasteiger charge is 2.21. The van der Waals surface area contributed by atoms with Crippen LogP contribution in [-0.4, -0.2) is 49.2 Å². The molecule has 6 heteroatoms. The summed E-state index contributed by atoms with van der Waals surface area (Å²) in [4.78, 5) is 0. The van der Waals surface area contributed by atoms with E-state index < -0.39 is 0 Å². The third-order valence-electron chi connectivity index (χ3n) is 3.45. The summed E-state index contributed by atoms with van der Waals surface area (Å²) in [6.07, 6.45) is 1.21. The molecule has 0 heterocycles. The fraction of sp³-hybridized carbons (Fsp3) is 1.00. The summed E-state index contributed by atoms with van der Waals surface area (Å²) in [6.45, 7) is 6.96. The lowest BCUT2D eigenvalue weighted by molar-refractivity contribution is 0.402. The van der Waals surface area contributed by atoms with Crippen LogP contribution in [0.1, 0.15) is 20.3 Å². The molecule has 0 amide bonds. The van der Waals surface area contributed by atoms with Gasteiger partial charge in [-0.05, 0) is 44.1 Å². The molecule has 0 radical (unpaired) electrons. The first-order valence-electron chi connectivity index (χ1n) is 6.91. The number of nitrogens with two attached hydrogens (primary N) is 4. The maximum Gasteiger partial charge on any atom is 0.00107 e. The van der Waals surface area contributed by atoms with Gasteiger partial charge in [-0.1, -0.05) is 13.8 Å². The van der Waals surface area contributed by atoms with Crippen molar-refractivity contribution in [3.8, 4) is 0 Å². The molecule has 0 saturated carbocycles. The summed E-state index contributed by atoms with van der Waals surface area (Å²) in [6, 6.07) is 0. The number of hydrogen-bond acceptors (Lipinski definition) is 6. The summed E-state index contributed by atoms with van der Waals surface area (Å²) in [5, 5.41) is 0. The number of thioether (sulfide) groups is 2. The summed E-state index contributed by atoms with van der Waals surface area (Å²) >= 11 is 3.91. The van der Waals surface area contributed by atoms with Crippen molar-refractivity contribution in [3.05, 3.63) is 0 Å². The van der Waals surface area contributed by atoms with E-state index in [9.17, 15) is 0 Å². The summed E-state index contributed by atoms with van der Waals surface area (Å²) < 4.78 is 0. The molecule has 0 fully saturated rings. The van der Waals surface area contributed by atoms with E-state index in [4.69, 9.17) is 22.9 Å². The van der Waals surface area contributed by atoms with E-state index in [-0.39, 0.29) is 10.8 Å². The van der Waals surface area contributed by atoms with E-state index >= 15 is 0 Å². The number of hydrogen-bond donors (Lipinski definition) is 4. The molecule has 8 N–H and O–H groups in total. The van der Waals surface area contributed by atoms with Gasteiger partial charge in [-0.3, -0.25) is 0 Å². The highest BCUT2D eigenvalue weighted by molar-refractivity contribution is 8.00. The zero-order valence-corrected chi connectivity index (χ0v) is 14.1. The predicted molar refractivity (Wildman–Crippen MR) is 91.7 cm³/mol. The van der Waals surface area contributed by atoms with Crippen molar-refractivity contribution in [2.45, 2.75) is 20.3 Å². The molecule has 0 aliphatic rings. The first-order valence-corrected chi connectivity index (χ1v) is 9.22. The van der Waals surface area contributed by atoms with Crippen molar-refractivity contribution in [1.29, 1.82) is 0 Å². The molecule has 0 aromatic heterocycles. The minimum atomic E-state index is 0.0927. The first-order chi connectivity index (χ1) is 8.95. The SMILES string of the molecule is CC(CN)(CN)CSCCCSCC(C)(CN)CN. The van der Waals surface area contributed by atoms with Crippen molar-refractivity contribution in [3.63, 3.8) is 0 Å². The molecule has 0 aromatic rings. The van der Waals surface area contributed by atoms with Crippen molar-refractivity contribution in [2.24, 2.45) is 33.8 Å². The Morgan fingerprint density at radius 3 is 1.26 bits per heavy atom. The Morgan fingerprint density at radius 2 is 1.00 bits per heavy atom. The molecule has 0 unspecified atom stereocenters. The van der Waals surface area contributed by atoms with Gasteiger partial charge in [-0.2, -0.15) is 23.5 Å².